The summed E-state index contributed by atoms with van der Waals surface area (Å²) in [5.41, 5.74) is 4.00. The Balaban J connectivity index is 2.18. The van der Waals surface area contributed by atoms with E-state index in [1.165, 1.54) is 55.5 Å². The van der Waals surface area contributed by atoms with Crippen LogP contribution in [0.25, 0.3) is 0 Å². The summed E-state index contributed by atoms with van der Waals surface area (Å²) in [7, 11) is 0. The molecule has 0 bridgehead atoms. The lowest BCUT2D eigenvalue weighted by atomic mass is 9.95. The van der Waals surface area contributed by atoms with E-state index in [9.17, 15) is 0 Å². The Hall–Kier alpha value is -0.830. The first-order valence-electron chi connectivity index (χ1n) is 7.94. The molecular formula is C16H29N3. The maximum atomic E-state index is 4.84. The van der Waals surface area contributed by atoms with Crippen molar-refractivity contribution in [1.82, 2.24) is 15.1 Å². The van der Waals surface area contributed by atoms with Gasteiger partial charge in [0, 0.05) is 17.3 Å². The molecule has 1 aromatic rings. The van der Waals surface area contributed by atoms with Gasteiger partial charge in [-0.25, -0.2) is 0 Å². The van der Waals surface area contributed by atoms with Crippen molar-refractivity contribution in [3.8, 4) is 0 Å². The summed E-state index contributed by atoms with van der Waals surface area (Å²) in [4.78, 5) is 0. The maximum Gasteiger partial charge on any atom is 0.0644 e. The van der Waals surface area contributed by atoms with E-state index in [1.54, 1.807) is 0 Å². The maximum absolute atomic E-state index is 4.84. The van der Waals surface area contributed by atoms with Crippen molar-refractivity contribution in [3.05, 3.63) is 17.0 Å². The molecular weight excluding hydrogens is 234 g/mol. The fourth-order valence-corrected chi connectivity index (χ4v) is 3.45. The summed E-state index contributed by atoms with van der Waals surface area (Å²) >= 11 is 0. The molecule has 1 aromatic heterocycles. The van der Waals surface area contributed by atoms with Gasteiger partial charge in [0.2, 0.25) is 0 Å². The van der Waals surface area contributed by atoms with Gasteiger partial charge in [-0.1, -0.05) is 26.2 Å². The molecule has 19 heavy (non-hydrogen) atoms. The smallest absolute Gasteiger partial charge is 0.0644 e. The van der Waals surface area contributed by atoms with Crippen LogP contribution < -0.4 is 5.32 Å². The highest BCUT2D eigenvalue weighted by molar-refractivity contribution is 5.28. The molecule has 1 atom stereocenters. The minimum absolute atomic E-state index is 0.414. The Morgan fingerprint density at radius 2 is 1.95 bits per heavy atom. The van der Waals surface area contributed by atoms with Gasteiger partial charge in [0.15, 0.2) is 0 Å². The third-order valence-corrected chi connectivity index (χ3v) is 4.44. The largest absolute Gasteiger partial charge is 0.310 e. The first-order chi connectivity index (χ1) is 9.15. The average Bonchev–Trinajstić information content (AvgIpc) is 2.72. The third kappa shape index (κ3) is 3.19. The number of rotatable bonds is 5. The Labute approximate surface area is 117 Å². The van der Waals surface area contributed by atoms with E-state index < -0.39 is 0 Å². The highest BCUT2D eigenvalue weighted by atomic mass is 15.3. The number of aromatic nitrogens is 2. The van der Waals surface area contributed by atoms with Gasteiger partial charge in [-0.15, -0.1) is 0 Å². The van der Waals surface area contributed by atoms with Crippen LogP contribution in [0.1, 0.15) is 81.4 Å². The minimum Gasteiger partial charge on any atom is -0.310 e. The second kappa shape index (κ2) is 6.56. The molecule has 1 heterocycles. The number of hydrogen-bond donors (Lipinski definition) is 1. The standard InChI is InChI=1S/C16H29N3/c1-5-11-17-12(2)16-13(3)18-19(14(16)4)15-9-7-6-8-10-15/h12,15,17H,5-11H2,1-4H3. The van der Waals surface area contributed by atoms with Crippen LogP contribution in [0, 0.1) is 13.8 Å². The molecule has 1 saturated carbocycles. The molecule has 3 nitrogen and oxygen atoms in total. The normalized spacial score (nSPS) is 18.7. The van der Waals surface area contributed by atoms with Crippen molar-refractivity contribution in [2.24, 2.45) is 0 Å². The van der Waals surface area contributed by atoms with E-state index >= 15 is 0 Å². The molecule has 1 fully saturated rings. The first kappa shape index (κ1) is 14.6. The monoisotopic (exact) mass is 263 g/mol. The van der Waals surface area contributed by atoms with E-state index in [1.807, 2.05) is 0 Å². The van der Waals surface area contributed by atoms with Crippen molar-refractivity contribution in [3.63, 3.8) is 0 Å². The number of aryl methyl sites for hydroxylation is 1. The zero-order valence-electron chi connectivity index (χ0n) is 13.0. The fraction of sp³-hybridized carbons (Fsp3) is 0.812. The Bertz CT molecular complexity index is 402. The average molecular weight is 263 g/mol. The van der Waals surface area contributed by atoms with E-state index in [4.69, 9.17) is 5.10 Å². The Morgan fingerprint density at radius 1 is 1.26 bits per heavy atom. The predicted molar refractivity (Wildman–Crippen MR) is 80.5 cm³/mol. The van der Waals surface area contributed by atoms with Crippen LogP contribution in [-0.2, 0) is 0 Å². The lowest BCUT2D eigenvalue weighted by molar-refractivity contribution is 0.323. The Kier molecular flexibility index (Phi) is 5.03. The fourth-order valence-electron chi connectivity index (χ4n) is 3.45. The molecule has 0 aromatic carbocycles. The summed E-state index contributed by atoms with van der Waals surface area (Å²) in [6.45, 7) is 9.96. The van der Waals surface area contributed by atoms with Crippen LogP contribution in [0.2, 0.25) is 0 Å². The van der Waals surface area contributed by atoms with Crippen molar-refractivity contribution in [2.75, 3.05) is 6.54 Å². The first-order valence-corrected chi connectivity index (χ1v) is 7.94. The quantitative estimate of drug-likeness (QED) is 0.868. The lowest BCUT2D eigenvalue weighted by Crippen LogP contribution is -2.21. The lowest BCUT2D eigenvalue weighted by Gasteiger charge is -2.24. The molecule has 0 radical (unpaired) electrons. The summed E-state index contributed by atoms with van der Waals surface area (Å²) in [6, 6.07) is 1.05. The van der Waals surface area contributed by atoms with E-state index in [-0.39, 0.29) is 0 Å². The predicted octanol–water partition coefficient (Wildman–Crippen LogP) is 4.07. The van der Waals surface area contributed by atoms with Crippen LogP contribution >= 0.6 is 0 Å². The molecule has 0 saturated heterocycles. The molecule has 108 valence electrons. The highest BCUT2D eigenvalue weighted by Crippen LogP contribution is 2.31. The topological polar surface area (TPSA) is 29.9 Å². The van der Waals surface area contributed by atoms with Crippen LogP contribution in [0.3, 0.4) is 0 Å². The third-order valence-electron chi connectivity index (χ3n) is 4.44. The SMILES string of the molecule is CCCNC(C)c1c(C)nn(C2CCCCC2)c1C. The molecule has 0 amide bonds. The highest BCUT2D eigenvalue weighted by Gasteiger charge is 2.22. The second-order valence-electron chi connectivity index (χ2n) is 6.00. The van der Waals surface area contributed by atoms with E-state index in [2.05, 4.69) is 37.7 Å². The van der Waals surface area contributed by atoms with Gasteiger partial charge in [-0.3, -0.25) is 4.68 Å². The van der Waals surface area contributed by atoms with Crippen molar-refractivity contribution >= 4 is 0 Å². The molecule has 0 spiro atoms. The molecule has 0 aliphatic heterocycles. The van der Waals surface area contributed by atoms with Gasteiger partial charge in [-0.05, 0) is 46.6 Å². The van der Waals surface area contributed by atoms with Gasteiger partial charge in [0.25, 0.3) is 0 Å². The van der Waals surface area contributed by atoms with E-state index in [0.717, 1.165) is 6.54 Å². The molecule has 1 aliphatic rings. The molecule has 3 heteroatoms. The van der Waals surface area contributed by atoms with Crippen LogP contribution in [0.15, 0.2) is 0 Å². The summed E-state index contributed by atoms with van der Waals surface area (Å²) < 4.78 is 2.31. The van der Waals surface area contributed by atoms with Crippen molar-refractivity contribution < 1.29 is 0 Å². The molecule has 1 aliphatic carbocycles. The van der Waals surface area contributed by atoms with Crippen LogP contribution in [0.4, 0.5) is 0 Å². The van der Waals surface area contributed by atoms with Crippen LogP contribution in [0.5, 0.6) is 0 Å². The Morgan fingerprint density at radius 3 is 2.58 bits per heavy atom. The van der Waals surface area contributed by atoms with Gasteiger partial charge in [0.1, 0.15) is 0 Å². The zero-order chi connectivity index (χ0) is 13.8. The number of nitrogens with zero attached hydrogens (tertiary/aromatic N) is 2. The van der Waals surface area contributed by atoms with Gasteiger partial charge in [0.05, 0.1) is 11.7 Å². The summed E-state index contributed by atoms with van der Waals surface area (Å²) in [6.07, 6.45) is 7.91. The van der Waals surface area contributed by atoms with E-state index in [0.29, 0.717) is 12.1 Å². The van der Waals surface area contributed by atoms with Crippen molar-refractivity contribution in [1.29, 1.82) is 0 Å². The minimum atomic E-state index is 0.414. The summed E-state index contributed by atoms with van der Waals surface area (Å²) in [5, 5.41) is 8.43. The molecule has 2 rings (SSSR count). The number of hydrogen-bond acceptors (Lipinski definition) is 2. The van der Waals surface area contributed by atoms with Crippen molar-refractivity contribution in [2.45, 2.75) is 78.3 Å². The molecule has 1 unspecified atom stereocenters. The van der Waals surface area contributed by atoms with Gasteiger partial charge >= 0.3 is 0 Å². The second-order valence-corrected chi connectivity index (χ2v) is 6.00. The number of nitrogens with one attached hydrogen (secondary N) is 1. The zero-order valence-corrected chi connectivity index (χ0v) is 13.0. The van der Waals surface area contributed by atoms with Crippen LogP contribution in [-0.4, -0.2) is 16.3 Å². The molecule has 1 N–H and O–H groups in total. The summed E-state index contributed by atoms with van der Waals surface area (Å²) in [5.74, 6) is 0. The van der Waals surface area contributed by atoms with Gasteiger partial charge < -0.3 is 5.32 Å². The van der Waals surface area contributed by atoms with Gasteiger partial charge in [-0.2, -0.15) is 5.10 Å².